The van der Waals surface area contributed by atoms with Crippen LogP contribution in [0.2, 0.25) is 0 Å². The van der Waals surface area contributed by atoms with Gasteiger partial charge in [-0.3, -0.25) is 19.1 Å². The number of nitrogens with zero attached hydrogens (tertiary/aromatic N) is 2. The smallest absolute Gasteiger partial charge is 0.330 e. The monoisotopic (exact) mass is 324 g/mol. The van der Waals surface area contributed by atoms with E-state index < -0.39 is 11.2 Å². The van der Waals surface area contributed by atoms with E-state index in [2.05, 4.69) is 11.6 Å². The van der Waals surface area contributed by atoms with Gasteiger partial charge < -0.3 is 15.4 Å². The Bertz CT molecular complexity index is 662. The summed E-state index contributed by atoms with van der Waals surface area (Å²) in [6.07, 6.45) is 2.96. The third kappa shape index (κ3) is 4.56. The quantitative estimate of drug-likeness (QED) is 0.642. The molecule has 0 bridgehead atoms. The SMILES string of the molecule is C=CCCC(=O)N(CCOC)c1c(N)n(CCC)c(=O)[nH]c1=O. The van der Waals surface area contributed by atoms with Crippen LogP contribution in [0.3, 0.4) is 0 Å². The molecule has 0 aliphatic carbocycles. The molecule has 0 aromatic carbocycles. The van der Waals surface area contributed by atoms with Crippen LogP contribution in [0.4, 0.5) is 11.5 Å². The summed E-state index contributed by atoms with van der Waals surface area (Å²) in [7, 11) is 1.50. The van der Waals surface area contributed by atoms with Crippen LogP contribution in [0, 0.1) is 0 Å². The van der Waals surface area contributed by atoms with Crippen molar-refractivity contribution in [2.45, 2.75) is 32.7 Å². The highest BCUT2D eigenvalue weighted by Crippen LogP contribution is 2.18. The number of rotatable bonds is 9. The molecule has 0 spiro atoms. The van der Waals surface area contributed by atoms with E-state index in [0.717, 1.165) is 0 Å². The lowest BCUT2D eigenvalue weighted by Gasteiger charge is -2.24. The molecule has 0 aliphatic heterocycles. The number of carbonyl (C=O) groups is 1. The van der Waals surface area contributed by atoms with Gasteiger partial charge in [-0.15, -0.1) is 6.58 Å². The normalized spacial score (nSPS) is 10.5. The van der Waals surface area contributed by atoms with E-state index in [0.29, 0.717) is 19.4 Å². The van der Waals surface area contributed by atoms with E-state index in [9.17, 15) is 14.4 Å². The van der Waals surface area contributed by atoms with Crippen molar-refractivity contribution in [3.8, 4) is 0 Å². The van der Waals surface area contributed by atoms with Crippen LogP contribution in [-0.4, -0.2) is 35.7 Å². The van der Waals surface area contributed by atoms with E-state index in [4.69, 9.17) is 10.5 Å². The Morgan fingerprint density at radius 2 is 2.17 bits per heavy atom. The number of carbonyl (C=O) groups excluding carboxylic acids is 1. The van der Waals surface area contributed by atoms with Crippen LogP contribution in [0.25, 0.3) is 0 Å². The number of methoxy groups -OCH3 is 1. The van der Waals surface area contributed by atoms with Crippen LogP contribution in [0.1, 0.15) is 26.2 Å². The van der Waals surface area contributed by atoms with Crippen LogP contribution >= 0.6 is 0 Å². The van der Waals surface area contributed by atoms with Gasteiger partial charge in [-0.05, 0) is 12.8 Å². The Morgan fingerprint density at radius 3 is 2.74 bits per heavy atom. The van der Waals surface area contributed by atoms with Crippen molar-refractivity contribution >= 4 is 17.4 Å². The minimum Gasteiger partial charge on any atom is -0.383 e. The fraction of sp³-hybridized carbons (Fsp3) is 0.533. The number of anilines is 2. The van der Waals surface area contributed by atoms with Gasteiger partial charge in [-0.25, -0.2) is 4.79 Å². The topological polar surface area (TPSA) is 110 Å². The number of H-pyrrole nitrogens is 1. The summed E-state index contributed by atoms with van der Waals surface area (Å²) >= 11 is 0. The average Bonchev–Trinajstić information content (AvgIpc) is 2.52. The lowest BCUT2D eigenvalue weighted by atomic mass is 10.2. The van der Waals surface area contributed by atoms with Gasteiger partial charge in [-0.1, -0.05) is 13.0 Å². The van der Waals surface area contributed by atoms with E-state index >= 15 is 0 Å². The number of hydrogen-bond donors (Lipinski definition) is 2. The number of nitrogen functional groups attached to an aromatic ring is 1. The Labute approximate surface area is 134 Å². The van der Waals surface area contributed by atoms with Crippen LogP contribution in [0.15, 0.2) is 22.2 Å². The van der Waals surface area contributed by atoms with E-state index in [1.165, 1.54) is 16.6 Å². The second-order valence-electron chi connectivity index (χ2n) is 5.01. The molecule has 0 fully saturated rings. The number of amides is 1. The maximum absolute atomic E-state index is 12.4. The summed E-state index contributed by atoms with van der Waals surface area (Å²) < 4.78 is 6.26. The predicted molar refractivity (Wildman–Crippen MR) is 89.7 cm³/mol. The van der Waals surface area contributed by atoms with Gasteiger partial charge in [-0.2, -0.15) is 0 Å². The lowest BCUT2D eigenvalue weighted by Crippen LogP contribution is -2.42. The Hall–Kier alpha value is -2.35. The fourth-order valence-electron chi connectivity index (χ4n) is 2.19. The highest BCUT2D eigenvalue weighted by Gasteiger charge is 2.23. The van der Waals surface area contributed by atoms with Gasteiger partial charge in [0, 0.05) is 26.6 Å². The van der Waals surface area contributed by atoms with Gasteiger partial charge in [0.05, 0.1) is 6.61 Å². The minimum absolute atomic E-state index is 0.0100. The summed E-state index contributed by atoms with van der Waals surface area (Å²) in [5.41, 5.74) is 4.73. The first kappa shape index (κ1) is 18.7. The van der Waals surface area contributed by atoms with Crippen molar-refractivity contribution in [1.29, 1.82) is 0 Å². The largest absolute Gasteiger partial charge is 0.383 e. The summed E-state index contributed by atoms with van der Waals surface area (Å²) in [5.74, 6) is -0.287. The molecule has 23 heavy (non-hydrogen) atoms. The van der Waals surface area contributed by atoms with Crippen LogP contribution in [0.5, 0.6) is 0 Å². The number of aromatic amines is 1. The molecule has 1 aromatic heterocycles. The first-order valence-electron chi connectivity index (χ1n) is 7.50. The van der Waals surface area contributed by atoms with Crippen molar-refractivity contribution in [3.05, 3.63) is 33.5 Å². The summed E-state index contributed by atoms with van der Waals surface area (Å²) in [4.78, 5) is 39.9. The maximum Gasteiger partial charge on any atom is 0.330 e. The number of allylic oxidation sites excluding steroid dienone is 1. The van der Waals surface area contributed by atoms with E-state index in [-0.39, 0.29) is 37.0 Å². The molecule has 0 aliphatic rings. The van der Waals surface area contributed by atoms with Crippen molar-refractivity contribution < 1.29 is 9.53 Å². The molecule has 0 radical (unpaired) electrons. The highest BCUT2D eigenvalue weighted by atomic mass is 16.5. The zero-order valence-corrected chi connectivity index (χ0v) is 13.6. The van der Waals surface area contributed by atoms with Crippen LogP contribution < -0.4 is 21.9 Å². The lowest BCUT2D eigenvalue weighted by molar-refractivity contribution is -0.118. The molecule has 1 rings (SSSR count). The number of nitrogens with two attached hydrogens (primary N) is 1. The molecule has 8 heteroatoms. The number of aromatic nitrogens is 2. The third-order valence-electron chi connectivity index (χ3n) is 3.31. The van der Waals surface area contributed by atoms with Gasteiger partial charge in [0.1, 0.15) is 5.82 Å². The molecule has 0 unspecified atom stereocenters. The molecule has 0 saturated heterocycles. The molecule has 0 atom stereocenters. The average molecular weight is 324 g/mol. The number of nitrogens with one attached hydrogen (secondary N) is 1. The zero-order valence-electron chi connectivity index (χ0n) is 13.6. The first-order chi connectivity index (χ1) is 11.0. The molecule has 3 N–H and O–H groups in total. The van der Waals surface area contributed by atoms with Crippen molar-refractivity contribution in [2.75, 3.05) is 30.9 Å². The second-order valence-corrected chi connectivity index (χ2v) is 5.01. The zero-order chi connectivity index (χ0) is 17.4. The molecular formula is C15H24N4O4. The van der Waals surface area contributed by atoms with Gasteiger partial charge in [0.25, 0.3) is 5.56 Å². The molecule has 8 nitrogen and oxygen atoms in total. The molecular weight excluding hydrogens is 300 g/mol. The molecule has 1 amide bonds. The number of ether oxygens (including phenoxy) is 1. The van der Waals surface area contributed by atoms with Crippen molar-refractivity contribution in [2.24, 2.45) is 0 Å². The Kier molecular flexibility index (Phi) is 7.27. The second kappa shape index (κ2) is 8.94. The molecule has 0 saturated carbocycles. The van der Waals surface area contributed by atoms with Crippen molar-refractivity contribution in [1.82, 2.24) is 9.55 Å². The summed E-state index contributed by atoms with van der Waals surface area (Å²) in [6.45, 7) is 6.23. The summed E-state index contributed by atoms with van der Waals surface area (Å²) in [6, 6.07) is 0. The van der Waals surface area contributed by atoms with Gasteiger partial charge >= 0.3 is 5.69 Å². The number of hydrogen-bond acceptors (Lipinski definition) is 5. The first-order valence-corrected chi connectivity index (χ1v) is 7.50. The Morgan fingerprint density at radius 1 is 1.48 bits per heavy atom. The van der Waals surface area contributed by atoms with Crippen LogP contribution in [-0.2, 0) is 16.1 Å². The summed E-state index contributed by atoms with van der Waals surface area (Å²) in [5, 5.41) is 0. The minimum atomic E-state index is -0.678. The van der Waals surface area contributed by atoms with E-state index in [1.807, 2.05) is 6.92 Å². The van der Waals surface area contributed by atoms with Gasteiger partial charge in [0.15, 0.2) is 5.69 Å². The maximum atomic E-state index is 12.4. The van der Waals surface area contributed by atoms with Crippen molar-refractivity contribution in [3.63, 3.8) is 0 Å². The highest BCUT2D eigenvalue weighted by molar-refractivity contribution is 5.95. The molecule has 128 valence electrons. The molecule has 1 heterocycles. The fourth-order valence-corrected chi connectivity index (χ4v) is 2.19. The van der Waals surface area contributed by atoms with E-state index in [1.54, 1.807) is 6.08 Å². The standard InChI is InChI=1S/C15H24N4O4/c1-4-6-7-11(20)18(9-10-23-3)12-13(16)19(8-5-2)15(22)17-14(12)21/h4H,1,5-10,16H2,2-3H3,(H,17,21,22). The van der Waals surface area contributed by atoms with Gasteiger partial charge in [0.2, 0.25) is 5.91 Å². The predicted octanol–water partition coefficient (Wildman–Crippen LogP) is 0.474. The Balaban J connectivity index is 3.36. The molecule has 1 aromatic rings. The third-order valence-corrected chi connectivity index (χ3v) is 3.31.